The minimum absolute atomic E-state index is 0.108. The molecule has 4 aromatic rings. The molecule has 0 spiro atoms. The molecule has 1 N–H and O–H groups in total. The molecule has 5 nitrogen and oxygen atoms in total. The van der Waals surface area contributed by atoms with E-state index in [0.29, 0.717) is 18.7 Å². The number of ether oxygens (including phenoxy) is 1. The van der Waals surface area contributed by atoms with Gasteiger partial charge in [-0.3, -0.25) is 4.79 Å². The van der Waals surface area contributed by atoms with Gasteiger partial charge in [-0.05, 0) is 49.7 Å². The highest BCUT2D eigenvalue weighted by Crippen LogP contribution is 2.27. The van der Waals surface area contributed by atoms with Crippen molar-refractivity contribution in [3.05, 3.63) is 102 Å². The van der Waals surface area contributed by atoms with E-state index >= 15 is 0 Å². The SMILES string of the molecule is CCCOc1cccc(-c2nn(-c3ccccc3)cc2CNC(=O)c2ccc(C)cc2)c1. The zero-order valence-corrected chi connectivity index (χ0v) is 18.4. The van der Waals surface area contributed by atoms with Crippen molar-refractivity contribution in [1.29, 1.82) is 0 Å². The van der Waals surface area contributed by atoms with E-state index < -0.39 is 0 Å². The Morgan fingerprint density at radius 2 is 1.78 bits per heavy atom. The van der Waals surface area contributed by atoms with E-state index in [-0.39, 0.29) is 5.91 Å². The first kappa shape index (κ1) is 21.4. The summed E-state index contributed by atoms with van der Waals surface area (Å²) in [5.41, 5.74) is 5.43. The molecule has 4 rings (SSSR count). The van der Waals surface area contributed by atoms with Crippen LogP contribution in [-0.2, 0) is 6.54 Å². The molecule has 0 aliphatic carbocycles. The van der Waals surface area contributed by atoms with E-state index in [9.17, 15) is 4.79 Å². The maximum atomic E-state index is 12.7. The molecule has 162 valence electrons. The maximum absolute atomic E-state index is 12.7. The fourth-order valence-corrected chi connectivity index (χ4v) is 3.43. The molecule has 0 unspecified atom stereocenters. The Balaban J connectivity index is 1.63. The molecule has 0 saturated heterocycles. The molecule has 1 amide bonds. The van der Waals surface area contributed by atoms with Crippen molar-refractivity contribution in [2.75, 3.05) is 6.61 Å². The van der Waals surface area contributed by atoms with Crippen molar-refractivity contribution >= 4 is 5.91 Å². The van der Waals surface area contributed by atoms with Crippen LogP contribution in [0.2, 0.25) is 0 Å². The average molecular weight is 426 g/mol. The minimum atomic E-state index is -0.108. The van der Waals surface area contributed by atoms with E-state index in [1.165, 1.54) is 0 Å². The third kappa shape index (κ3) is 5.06. The summed E-state index contributed by atoms with van der Waals surface area (Å²) in [6.07, 6.45) is 2.92. The topological polar surface area (TPSA) is 56.1 Å². The van der Waals surface area contributed by atoms with E-state index in [1.807, 2.05) is 96.7 Å². The molecule has 5 heteroatoms. The zero-order valence-electron chi connectivity index (χ0n) is 18.4. The van der Waals surface area contributed by atoms with Crippen molar-refractivity contribution in [3.63, 3.8) is 0 Å². The number of nitrogens with zero attached hydrogens (tertiary/aromatic N) is 2. The number of aromatic nitrogens is 2. The number of amides is 1. The van der Waals surface area contributed by atoms with Gasteiger partial charge in [0.15, 0.2) is 0 Å². The highest BCUT2D eigenvalue weighted by Gasteiger charge is 2.15. The fraction of sp³-hybridized carbons (Fsp3) is 0.185. The van der Waals surface area contributed by atoms with Gasteiger partial charge in [0.2, 0.25) is 0 Å². The molecular weight excluding hydrogens is 398 g/mol. The Morgan fingerprint density at radius 3 is 2.53 bits per heavy atom. The Morgan fingerprint density at radius 1 is 1.00 bits per heavy atom. The van der Waals surface area contributed by atoms with Gasteiger partial charge in [-0.15, -0.1) is 0 Å². The van der Waals surface area contributed by atoms with Crippen molar-refractivity contribution in [2.24, 2.45) is 0 Å². The van der Waals surface area contributed by atoms with Crippen LogP contribution >= 0.6 is 0 Å². The van der Waals surface area contributed by atoms with Crippen LogP contribution < -0.4 is 10.1 Å². The molecule has 0 aliphatic heterocycles. The summed E-state index contributed by atoms with van der Waals surface area (Å²) < 4.78 is 7.66. The molecule has 32 heavy (non-hydrogen) atoms. The molecule has 0 aliphatic rings. The predicted octanol–water partition coefficient (Wildman–Crippen LogP) is 5.57. The summed E-state index contributed by atoms with van der Waals surface area (Å²) in [5, 5.41) is 7.88. The second-order valence-electron chi connectivity index (χ2n) is 7.71. The molecule has 0 fully saturated rings. The standard InChI is InChI=1S/C27H27N3O2/c1-3-16-32-25-11-7-8-22(17-25)26-23(19-30(29-26)24-9-5-4-6-10-24)18-28-27(31)21-14-12-20(2)13-15-21/h4-15,17,19H,3,16,18H2,1-2H3,(H,28,31). The largest absolute Gasteiger partial charge is 0.494 e. The van der Waals surface area contributed by atoms with Gasteiger partial charge in [0.25, 0.3) is 5.91 Å². The number of carbonyl (C=O) groups is 1. The molecule has 0 saturated carbocycles. The highest BCUT2D eigenvalue weighted by molar-refractivity contribution is 5.94. The highest BCUT2D eigenvalue weighted by atomic mass is 16.5. The lowest BCUT2D eigenvalue weighted by molar-refractivity contribution is 0.0951. The second kappa shape index (κ2) is 9.96. The van der Waals surface area contributed by atoms with Crippen LogP contribution in [0.5, 0.6) is 5.75 Å². The number of para-hydroxylation sites is 1. The van der Waals surface area contributed by atoms with Gasteiger partial charge in [-0.2, -0.15) is 5.10 Å². The normalized spacial score (nSPS) is 10.7. The van der Waals surface area contributed by atoms with Crippen LogP contribution in [0.15, 0.2) is 85.1 Å². The Labute approximate surface area is 188 Å². The molecule has 1 heterocycles. The van der Waals surface area contributed by atoms with Crippen molar-refractivity contribution in [3.8, 4) is 22.7 Å². The summed E-state index contributed by atoms with van der Waals surface area (Å²) in [4.78, 5) is 12.7. The quantitative estimate of drug-likeness (QED) is 0.402. The van der Waals surface area contributed by atoms with Crippen LogP contribution in [0.1, 0.15) is 34.8 Å². The lowest BCUT2D eigenvalue weighted by atomic mass is 10.1. The Hall–Kier alpha value is -3.86. The number of benzene rings is 3. The third-order valence-electron chi connectivity index (χ3n) is 5.14. The zero-order chi connectivity index (χ0) is 22.3. The van der Waals surface area contributed by atoms with Gasteiger partial charge < -0.3 is 10.1 Å². The van der Waals surface area contributed by atoms with Gasteiger partial charge in [-0.25, -0.2) is 4.68 Å². The van der Waals surface area contributed by atoms with Gasteiger partial charge in [0, 0.05) is 29.4 Å². The summed E-state index contributed by atoms with van der Waals surface area (Å²) >= 11 is 0. The Kier molecular flexibility index (Phi) is 6.66. The first-order valence-corrected chi connectivity index (χ1v) is 10.9. The van der Waals surface area contributed by atoms with Crippen LogP contribution in [0.4, 0.5) is 0 Å². The fourth-order valence-electron chi connectivity index (χ4n) is 3.43. The Bertz CT molecular complexity index is 1180. The third-order valence-corrected chi connectivity index (χ3v) is 5.14. The lowest BCUT2D eigenvalue weighted by Gasteiger charge is -2.08. The van der Waals surface area contributed by atoms with Crippen molar-refractivity contribution < 1.29 is 9.53 Å². The van der Waals surface area contributed by atoms with Crippen LogP contribution in [0, 0.1) is 6.92 Å². The van der Waals surface area contributed by atoms with Crippen LogP contribution in [0.25, 0.3) is 16.9 Å². The number of hydrogen-bond donors (Lipinski definition) is 1. The van der Waals surface area contributed by atoms with Gasteiger partial charge >= 0.3 is 0 Å². The maximum Gasteiger partial charge on any atom is 0.251 e. The van der Waals surface area contributed by atoms with Crippen molar-refractivity contribution in [2.45, 2.75) is 26.8 Å². The number of hydrogen-bond acceptors (Lipinski definition) is 3. The summed E-state index contributed by atoms with van der Waals surface area (Å²) in [6, 6.07) is 25.4. The van der Waals surface area contributed by atoms with Crippen molar-refractivity contribution in [1.82, 2.24) is 15.1 Å². The molecule has 0 bridgehead atoms. The van der Waals surface area contributed by atoms with Gasteiger partial charge in [0.05, 0.1) is 18.0 Å². The van der Waals surface area contributed by atoms with Gasteiger partial charge in [0.1, 0.15) is 5.75 Å². The molecular formula is C27H27N3O2. The van der Waals surface area contributed by atoms with E-state index in [0.717, 1.165) is 40.2 Å². The van der Waals surface area contributed by atoms with E-state index in [4.69, 9.17) is 9.84 Å². The average Bonchev–Trinajstić information content (AvgIpc) is 3.27. The van der Waals surface area contributed by atoms with E-state index in [2.05, 4.69) is 12.2 Å². The molecule has 1 aromatic heterocycles. The number of nitrogens with one attached hydrogen (secondary N) is 1. The minimum Gasteiger partial charge on any atom is -0.494 e. The molecule has 0 atom stereocenters. The number of rotatable bonds is 8. The lowest BCUT2D eigenvalue weighted by Crippen LogP contribution is -2.22. The first-order valence-electron chi connectivity index (χ1n) is 10.9. The number of carbonyl (C=O) groups excluding carboxylic acids is 1. The summed E-state index contributed by atoms with van der Waals surface area (Å²) in [7, 11) is 0. The summed E-state index contributed by atoms with van der Waals surface area (Å²) in [6.45, 7) is 5.13. The molecule has 0 radical (unpaired) electrons. The first-order chi connectivity index (χ1) is 15.6. The predicted molar refractivity (Wildman–Crippen MR) is 127 cm³/mol. The van der Waals surface area contributed by atoms with Crippen LogP contribution in [0.3, 0.4) is 0 Å². The summed E-state index contributed by atoms with van der Waals surface area (Å²) in [5.74, 6) is 0.705. The smallest absolute Gasteiger partial charge is 0.251 e. The molecule has 3 aromatic carbocycles. The number of aryl methyl sites for hydroxylation is 1. The van der Waals surface area contributed by atoms with Gasteiger partial charge in [-0.1, -0.05) is 55.0 Å². The van der Waals surface area contributed by atoms with E-state index in [1.54, 1.807) is 0 Å². The second-order valence-corrected chi connectivity index (χ2v) is 7.71. The monoisotopic (exact) mass is 425 g/mol. The van der Waals surface area contributed by atoms with Crippen LogP contribution in [-0.4, -0.2) is 22.3 Å².